The smallest absolute Gasteiger partial charge is 0.225 e. The van der Waals surface area contributed by atoms with Crippen molar-refractivity contribution in [2.24, 2.45) is 5.92 Å². The second-order valence-corrected chi connectivity index (χ2v) is 5.75. The van der Waals surface area contributed by atoms with Gasteiger partial charge in [-0.1, -0.05) is 20.8 Å². The molecular weight excluding hydrogens is 252 g/mol. The molecule has 0 spiro atoms. The van der Waals surface area contributed by atoms with Crippen LogP contribution in [0.3, 0.4) is 0 Å². The van der Waals surface area contributed by atoms with Gasteiger partial charge < -0.3 is 15.0 Å². The quantitative estimate of drug-likeness (QED) is 0.860. The van der Waals surface area contributed by atoms with Crippen LogP contribution in [-0.4, -0.2) is 42.3 Å². The van der Waals surface area contributed by atoms with E-state index >= 15 is 0 Å². The molecule has 0 aromatic carbocycles. The van der Waals surface area contributed by atoms with Gasteiger partial charge in [-0.2, -0.15) is 0 Å². The van der Waals surface area contributed by atoms with E-state index in [1.54, 1.807) is 0 Å². The molecule has 0 amide bonds. The molecule has 20 heavy (non-hydrogen) atoms. The van der Waals surface area contributed by atoms with Crippen LogP contribution in [0.1, 0.15) is 32.8 Å². The maximum absolute atomic E-state index is 5.52. The maximum Gasteiger partial charge on any atom is 0.225 e. The van der Waals surface area contributed by atoms with E-state index in [4.69, 9.17) is 4.74 Å². The summed E-state index contributed by atoms with van der Waals surface area (Å²) < 4.78 is 5.52. The van der Waals surface area contributed by atoms with Gasteiger partial charge in [0, 0.05) is 31.0 Å². The number of nitrogens with one attached hydrogen (secondary N) is 1. The topological polar surface area (TPSA) is 50.3 Å². The summed E-state index contributed by atoms with van der Waals surface area (Å²) in [5.74, 6) is 1.49. The summed E-state index contributed by atoms with van der Waals surface area (Å²) in [4.78, 5) is 11.3. The fraction of sp³-hybridized carbons (Fsp3) is 0.733. The Morgan fingerprint density at radius 1 is 1.40 bits per heavy atom. The number of morpholine rings is 1. The van der Waals surface area contributed by atoms with Gasteiger partial charge >= 0.3 is 0 Å². The molecule has 1 unspecified atom stereocenters. The molecule has 1 atom stereocenters. The summed E-state index contributed by atoms with van der Waals surface area (Å²) in [6.07, 6.45) is 4.91. The molecule has 2 heterocycles. The van der Waals surface area contributed by atoms with E-state index in [1.807, 2.05) is 12.4 Å². The van der Waals surface area contributed by atoms with Crippen molar-refractivity contribution < 1.29 is 4.74 Å². The van der Waals surface area contributed by atoms with Gasteiger partial charge in [-0.05, 0) is 18.9 Å². The molecule has 112 valence electrons. The van der Waals surface area contributed by atoms with Crippen LogP contribution in [0.25, 0.3) is 0 Å². The average molecular weight is 278 g/mol. The summed E-state index contributed by atoms with van der Waals surface area (Å²) >= 11 is 0. The Morgan fingerprint density at radius 2 is 2.15 bits per heavy atom. The van der Waals surface area contributed by atoms with Crippen LogP contribution in [0, 0.1) is 5.92 Å². The molecule has 1 saturated heterocycles. The first kappa shape index (κ1) is 15.2. The van der Waals surface area contributed by atoms with Crippen LogP contribution in [0.4, 0.5) is 5.95 Å². The second-order valence-electron chi connectivity index (χ2n) is 5.75. The largest absolute Gasteiger partial charge is 0.377 e. The zero-order valence-corrected chi connectivity index (χ0v) is 12.8. The third kappa shape index (κ3) is 4.15. The van der Waals surface area contributed by atoms with Gasteiger partial charge in [-0.3, -0.25) is 0 Å². The highest BCUT2D eigenvalue weighted by atomic mass is 16.5. The maximum atomic E-state index is 5.52. The van der Waals surface area contributed by atoms with Gasteiger partial charge in [0.15, 0.2) is 0 Å². The van der Waals surface area contributed by atoms with Gasteiger partial charge in [0.2, 0.25) is 5.95 Å². The molecule has 1 aliphatic heterocycles. The predicted octanol–water partition coefficient (Wildman–Crippen LogP) is 1.84. The van der Waals surface area contributed by atoms with Crippen molar-refractivity contribution in [3.8, 4) is 0 Å². The monoisotopic (exact) mass is 278 g/mol. The van der Waals surface area contributed by atoms with Gasteiger partial charge in [-0.25, -0.2) is 9.97 Å². The highest BCUT2D eigenvalue weighted by molar-refractivity contribution is 5.32. The van der Waals surface area contributed by atoms with E-state index in [9.17, 15) is 0 Å². The molecule has 1 aromatic rings. The summed E-state index contributed by atoms with van der Waals surface area (Å²) in [6.45, 7) is 10.9. The van der Waals surface area contributed by atoms with Crippen molar-refractivity contribution in [2.45, 2.75) is 39.8 Å². The molecule has 5 nitrogen and oxygen atoms in total. The fourth-order valence-corrected chi connectivity index (χ4v) is 2.35. The van der Waals surface area contributed by atoms with E-state index in [2.05, 4.69) is 41.0 Å². The Hall–Kier alpha value is -1.20. The summed E-state index contributed by atoms with van der Waals surface area (Å²) in [5, 5.41) is 3.41. The third-order valence-electron chi connectivity index (χ3n) is 3.53. The molecule has 1 aliphatic rings. The number of rotatable bonds is 6. The fourth-order valence-electron chi connectivity index (χ4n) is 2.35. The van der Waals surface area contributed by atoms with Crippen LogP contribution in [0.5, 0.6) is 0 Å². The van der Waals surface area contributed by atoms with E-state index in [1.165, 1.54) is 0 Å². The Kier molecular flexibility index (Phi) is 5.73. The van der Waals surface area contributed by atoms with Gasteiger partial charge in [0.1, 0.15) is 0 Å². The molecule has 5 heteroatoms. The van der Waals surface area contributed by atoms with Gasteiger partial charge in [-0.15, -0.1) is 0 Å². The van der Waals surface area contributed by atoms with Gasteiger partial charge in [0.25, 0.3) is 0 Å². The lowest BCUT2D eigenvalue weighted by molar-refractivity contribution is 0.0921. The van der Waals surface area contributed by atoms with Crippen molar-refractivity contribution in [3.63, 3.8) is 0 Å². The zero-order chi connectivity index (χ0) is 14.4. The molecule has 0 radical (unpaired) electrons. The predicted molar refractivity (Wildman–Crippen MR) is 80.8 cm³/mol. The number of anilines is 1. The molecule has 2 rings (SSSR count). The minimum atomic E-state index is 0.397. The van der Waals surface area contributed by atoms with Crippen LogP contribution < -0.4 is 10.2 Å². The van der Waals surface area contributed by atoms with E-state index < -0.39 is 0 Å². The van der Waals surface area contributed by atoms with Crippen molar-refractivity contribution in [1.82, 2.24) is 15.3 Å². The van der Waals surface area contributed by atoms with Crippen LogP contribution in [0.2, 0.25) is 0 Å². The Labute approximate surface area is 121 Å². The minimum Gasteiger partial charge on any atom is -0.377 e. The highest BCUT2D eigenvalue weighted by Crippen LogP contribution is 2.16. The summed E-state index contributed by atoms with van der Waals surface area (Å²) in [6, 6.07) is 0.397. The first-order valence-corrected chi connectivity index (χ1v) is 7.56. The number of ether oxygens (including phenoxy) is 1. The lowest BCUT2D eigenvalue weighted by Gasteiger charge is -2.35. The molecule has 0 bridgehead atoms. The SMILES string of the molecule is CCC1COCCN1c1ncc(CNCC(C)C)cn1. The number of aromatic nitrogens is 2. The molecule has 1 N–H and O–H groups in total. The first-order chi connectivity index (χ1) is 9.70. The average Bonchev–Trinajstić information content (AvgIpc) is 2.47. The lowest BCUT2D eigenvalue weighted by atomic mass is 10.2. The summed E-state index contributed by atoms with van der Waals surface area (Å²) in [7, 11) is 0. The lowest BCUT2D eigenvalue weighted by Crippen LogP contribution is -2.46. The van der Waals surface area contributed by atoms with E-state index in [0.717, 1.165) is 50.8 Å². The van der Waals surface area contributed by atoms with Crippen molar-refractivity contribution in [3.05, 3.63) is 18.0 Å². The van der Waals surface area contributed by atoms with Gasteiger partial charge in [0.05, 0.1) is 19.3 Å². The van der Waals surface area contributed by atoms with E-state index in [0.29, 0.717) is 12.0 Å². The Balaban J connectivity index is 1.93. The standard InChI is InChI=1S/C15H26N4O/c1-4-14-11-20-6-5-19(14)15-17-9-13(10-18-15)8-16-7-12(2)3/h9-10,12,14,16H,4-8,11H2,1-3H3. The molecule has 1 fully saturated rings. The van der Waals surface area contributed by atoms with Crippen molar-refractivity contribution in [2.75, 3.05) is 31.2 Å². The van der Waals surface area contributed by atoms with Crippen LogP contribution in [-0.2, 0) is 11.3 Å². The number of hydrogen-bond donors (Lipinski definition) is 1. The molecule has 0 saturated carbocycles. The second kappa shape index (κ2) is 7.55. The van der Waals surface area contributed by atoms with Crippen LogP contribution in [0.15, 0.2) is 12.4 Å². The Morgan fingerprint density at radius 3 is 2.80 bits per heavy atom. The van der Waals surface area contributed by atoms with Crippen molar-refractivity contribution in [1.29, 1.82) is 0 Å². The Bertz CT molecular complexity index is 393. The number of nitrogens with zero attached hydrogens (tertiary/aromatic N) is 3. The summed E-state index contributed by atoms with van der Waals surface area (Å²) in [5.41, 5.74) is 1.13. The molecule has 1 aromatic heterocycles. The highest BCUT2D eigenvalue weighted by Gasteiger charge is 2.23. The third-order valence-corrected chi connectivity index (χ3v) is 3.53. The molecule has 0 aliphatic carbocycles. The molecular formula is C15H26N4O. The number of hydrogen-bond acceptors (Lipinski definition) is 5. The minimum absolute atomic E-state index is 0.397. The van der Waals surface area contributed by atoms with E-state index in [-0.39, 0.29) is 0 Å². The van der Waals surface area contributed by atoms with Crippen molar-refractivity contribution >= 4 is 5.95 Å². The zero-order valence-electron chi connectivity index (χ0n) is 12.8. The normalized spacial score (nSPS) is 19.6. The first-order valence-electron chi connectivity index (χ1n) is 7.56. The van der Waals surface area contributed by atoms with Crippen LogP contribution >= 0.6 is 0 Å².